The Hall–Kier alpha value is -3.02. The highest BCUT2D eigenvalue weighted by atomic mass is 16.6. The van der Waals surface area contributed by atoms with Crippen LogP contribution in [0.15, 0.2) is 36.4 Å². The lowest BCUT2D eigenvalue weighted by molar-refractivity contribution is 0.0105. The minimum Gasteiger partial charge on any atom is -0.444 e. The van der Waals surface area contributed by atoms with Gasteiger partial charge in [-0.25, -0.2) is 4.79 Å². The van der Waals surface area contributed by atoms with Crippen LogP contribution in [0.4, 0.5) is 10.5 Å². The molecule has 1 aliphatic heterocycles. The summed E-state index contributed by atoms with van der Waals surface area (Å²) in [5.74, 6) is -0.0638. The van der Waals surface area contributed by atoms with E-state index >= 15 is 0 Å². The lowest BCUT2D eigenvalue weighted by Gasteiger charge is -2.40. The molecule has 0 saturated carbocycles. The van der Waals surface area contributed by atoms with E-state index in [0.717, 1.165) is 24.1 Å². The van der Waals surface area contributed by atoms with E-state index in [9.17, 15) is 9.59 Å². The van der Waals surface area contributed by atoms with Gasteiger partial charge in [0.05, 0.1) is 12.1 Å². The number of amides is 2. The van der Waals surface area contributed by atoms with Crippen LogP contribution >= 0.6 is 0 Å². The Bertz CT molecular complexity index is 1070. The molecule has 2 N–H and O–H groups in total. The zero-order valence-electron chi connectivity index (χ0n) is 21.0. The van der Waals surface area contributed by atoms with Crippen LogP contribution < -0.4 is 10.6 Å². The summed E-state index contributed by atoms with van der Waals surface area (Å²) in [6, 6.07) is 12.4. The number of ether oxygens (including phenoxy) is 1. The third kappa shape index (κ3) is 5.54. The van der Waals surface area contributed by atoms with E-state index in [1.165, 1.54) is 29.5 Å². The number of benzene rings is 2. The molecule has 0 radical (unpaired) electrons. The Balaban J connectivity index is 1.38. The molecule has 1 unspecified atom stereocenters. The monoisotopic (exact) mass is 463 g/mol. The van der Waals surface area contributed by atoms with Gasteiger partial charge in [0.2, 0.25) is 0 Å². The first-order valence-electron chi connectivity index (χ1n) is 12.4. The van der Waals surface area contributed by atoms with E-state index in [1.807, 2.05) is 45.9 Å². The standard InChI is InChI=1S/C28H37N3O3/c1-18-13-14-21(30-22-16-31(17-22)27(33)34-28(3,4)5)15-25(18)26(32)29-19(2)23-12-8-10-20-9-6-7-11-24(20)23/h8,10,12-15,19,22,30H,6-7,9,11,16-17H2,1-5H3,(H,29,32). The van der Waals surface area contributed by atoms with Gasteiger partial charge in [0.25, 0.3) is 5.91 Å². The van der Waals surface area contributed by atoms with E-state index in [4.69, 9.17) is 4.74 Å². The van der Waals surface area contributed by atoms with Gasteiger partial charge >= 0.3 is 6.09 Å². The molecule has 2 amide bonds. The van der Waals surface area contributed by atoms with Crippen molar-refractivity contribution in [2.45, 2.75) is 78.0 Å². The summed E-state index contributed by atoms with van der Waals surface area (Å²) in [5.41, 5.74) is 6.06. The maximum atomic E-state index is 13.2. The second-order valence-corrected chi connectivity index (χ2v) is 10.6. The first-order chi connectivity index (χ1) is 16.1. The van der Waals surface area contributed by atoms with Crippen molar-refractivity contribution in [3.05, 3.63) is 64.2 Å². The molecule has 182 valence electrons. The van der Waals surface area contributed by atoms with Crippen LogP contribution in [0.3, 0.4) is 0 Å². The van der Waals surface area contributed by atoms with Gasteiger partial charge in [0.1, 0.15) is 5.60 Å². The summed E-state index contributed by atoms with van der Waals surface area (Å²) >= 11 is 0. The van der Waals surface area contributed by atoms with Crippen molar-refractivity contribution in [1.29, 1.82) is 0 Å². The number of likely N-dealkylation sites (tertiary alicyclic amines) is 1. The minimum absolute atomic E-state index is 0.0504. The van der Waals surface area contributed by atoms with Crippen molar-refractivity contribution in [3.63, 3.8) is 0 Å². The molecule has 1 aliphatic carbocycles. The Labute approximate surface area is 203 Å². The SMILES string of the molecule is Cc1ccc(NC2CN(C(=O)OC(C)(C)C)C2)cc1C(=O)NC(C)c1cccc2c1CCCC2. The highest BCUT2D eigenvalue weighted by molar-refractivity contribution is 5.96. The molecule has 4 rings (SSSR count). The van der Waals surface area contributed by atoms with Crippen LogP contribution in [0, 0.1) is 6.92 Å². The Morgan fingerprint density at radius 3 is 2.56 bits per heavy atom. The van der Waals surface area contributed by atoms with Gasteiger partial charge in [0.15, 0.2) is 0 Å². The number of rotatable bonds is 5. The van der Waals surface area contributed by atoms with Gasteiger partial charge in [-0.15, -0.1) is 0 Å². The fraction of sp³-hybridized carbons (Fsp3) is 0.500. The summed E-state index contributed by atoms with van der Waals surface area (Å²) in [6.07, 6.45) is 4.39. The van der Waals surface area contributed by atoms with Crippen molar-refractivity contribution < 1.29 is 14.3 Å². The first-order valence-corrected chi connectivity index (χ1v) is 12.4. The van der Waals surface area contributed by atoms with Crippen LogP contribution in [0.25, 0.3) is 0 Å². The fourth-order valence-electron chi connectivity index (χ4n) is 4.81. The minimum atomic E-state index is -0.495. The highest BCUT2D eigenvalue weighted by Crippen LogP contribution is 2.29. The van der Waals surface area contributed by atoms with E-state index in [0.29, 0.717) is 18.7 Å². The van der Waals surface area contributed by atoms with Crippen molar-refractivity contribution in [3.8, 4) is 0 Å². The van der Waals surface area contributed by atoms with E-state index < -0.39 is 5.60 Å². The van der Waals surface area contributed by atoms with E-state index in [-0.39, 0.29) is 24.1 Å². The number of nitrogens with zero attached hydrogens (tertiary/aromatic N) is 1. The van der Waals surface area contributed by atoms with Crippen LogP contribution in [-0.4, -0.2) is 41.6 Å². The third-order valence-corrected chi connectivity index (χ3v) is 6.63. The molecule has 0 aromatic heterocycles. The van der Waals surface area contributed by atoms with Gasteiger partial charge in [-0.2, -0.15) is 0 Å². The molecule has 2 aromatic rings. The van der Waals surface area contributed by atoms with Crippen LogP contribution in [0.2, 0.25) is 0 Å². The summed E-state index contributed by atoms with van der Waals surface area (Å²) in [4.78, 5) is 27.1. The van der Waals surface area contributed by atoms with Crippen LogP contribution in [-0.2, 0) is 17.6 Å². The molecular weight excluding hydrogens is 426 g/mol. The zero-order chi connectivity index (χ0) is 24.5. The van der Waals surface area contributed by atoms with Gasteiger partial charge in [-0.1, -0.05) is 24.3 Å². The van der Waals surface area contributed by atoms with Crippen molar-refractivity contribution in [2.24, 2.45) is 0 Å². The number of fused-ring (bicyclic) bond motifs is 1. The van der Waals surface area contributed by atoms with Crippen molar-refractivity contribution >= 4 is 17.7 Å². The number of carbonyl (C=O) groups excluding carboxylic acids is 2. The molecule has 1 heterocycles. The van der Waals surface area contributed by atoms with Gasteiger partial charge < -0.3 is 20.3 Å². The molecule has 2 aliphatic rings. The van der Waals surface area contributed by atoms with Crippen molar-refractivity contribution in [2.75, 3.05) is 18.4 Å². The number of hydrogen-bond donors (Lipinski definition) is 2. The largest absolute Gasteiger partial charge is 0.444 e. The normalized spacial score (nSPS) is 16.8. The molecule has 1 fully saturated rings. The average Bonchev–Trinajstić information content (AvgIpc) is 2.75. The molecule has 6 heteroatoms. The molecule has 2 aromatic carbocycles. The maximum absolute atomic E-state index is 13.2. The zero-order valence-corrected chi connectivity index (χ0v) is 21.0. The number of nitrogens with one attached hydrogen (secondary N) is 2. The lowest BCUT2D eigenvalue weighted by atomic mass is 9.86. The number of carbonyl (C=O) groups is 2. The molecule has 1 saturated heterocycles. The number of hydrogen-bond acceptors (Lipinski definition) is 4. The van der Waals surface area contributed by atoms with Gasteiger partial charge in [0, 0.05) is 24.3 Å². The Morgan fingerprint density at radius 2 is 1.82 bits per heavy atom. The lowest BCUT2D eigenvalue weighted by Crippen LogP contribution is -2.57. The highest BCUT2D eigenvalue weighted by Gasteiger charge is 2.33. The Kier molecular flexibility index (Phi) is 6.87. The summed E-state index contributed by atoms with van der Waals surface area (Å²) in [7, 11) is 0. The van der Waals surface area contributed by atoms with E-state index in [1.54, 1.807) is 4.90 Å². The Morgan fingerprint density at radius 1 is 1.09 bits per heavy atom. The quantitative estimate of drug-likeness (QED) is 0.623. The molecule has 6 nitrogen and oxygen atoms in total. The van der Waals surface area contributed by atoms with Gasteiger partial charge in [-0.3, -0.25) is 4.79 Å². The van der Waals surface area contributed by atoms with Crippen molar-refractivity contribution in [1.82, 2.24) is 10.2 Å². The third-order valence-electron chi connectivity index (χ3n) is 6.63. The van der Waals surface area contributed by atoms with Gasteiger partial charge in [-0.05, 0) is 94.7 Å². The maximum Gasteiger partial charge on any atom is 0.410 e. The fourth-order valence-corrected chi connectivity index (χ4v) is 4.81. The first kappa shape index (κ1) is 24.1. The smallest absolute Gasteiger partial charge is 0.410 e. The number of anilines is 1. The summed E-state index contributed by atoms with van der Waals surface area (Å²) in [6.45, 7) is 10.8. The summed E-state index contributed by atoms with van der Waals surface area (Å²) < 4.78 is 5.42. The number of aryl methyl sites for hydroxylation is 2. The van der Waals surface area contributed by atoms with E-state index in [2.05, 4.69) is 35.8 Å². The summed E-state index contributed by atoms with van der Waals surface area (Å²) in [5, 5.41) is 6.66. The molecule has 34 heavy (non-hydrogen) atoms. The van der Waals surface area contributed by atoms with Crippen LogP contribution in [0.1, 0.15) is 79.2 Å². The van der Waals surface area contributed by atoms with Crippen LogP contribution in [0.5, 0.6) is 0 Å². The predicted octanol–water partition coefficient (Wildman–Crippen LogP) is 5.40. The second kappa shape index (κ2) is 9.69. The predicted molar refractivity (Wildman–Crippen MR) is 135 cm³/mol. The average molecular weight is 464 g/mol. The topological polar surface area (TPSA) is 70.7 Å². The molecule has 0 bridgehead atoms. The second-order valence-electron chi connectivity index (χ2n) is 10.6. The molecule has 1 atom stereocenters. The molecule has 0 spiro atoms. The molecular formula is C28H37N3O3.